The number of anilines is 1. The van der Waals surface area contributed by atoms with Crippen molar-refractivity contribution < 1.29 is 21.6 Å². The quantitative estimate of drug-likeness (QED) is 0.895. The van der Waals surface area contributed by atoms with E-state index in [9.17, 15) is 21.6 Å². The Balaban J connectivity index is 2.11. The highest BCUT2D eigenvalue weighted by molar-refractivity contribution is 7.91. The maximum atomic E-state index is 12.5. The molecule has 0 radical (unpaired) electrons. The van der Waals surface area contributed by atoms with E-state index in [2.05, 4.69) is 15.3 Å². The third-order valence-corrected chi connectivity index (χ3v) is 4.56. The monoisotopic (exact) mass is 295 g/mol. The van der Waals surface area contributed by atoms with Crippen molar-refractivity contribution >= 4 is 15.8 Å². The first-order chi connectivity index (χ1) is 8.76. The average Bonchev–Trinajstić information content (AvgIpc) is 2.26. The smallest absolute Gasteiger partial charge is 0.350 e. The number of hydrogen-bond donors (Lipinski definition) is 1. The summed E-state index contributed by atoms with van der Waals surface area (Å²) in [6, 6.07) is 0.324. The van der Waals surface area contributed by atoms with E-state index in [0.29, 0.717) is 12.8 Å². The van der Waals surface area contributed by atoms with Crippen LogP contribution in [0.4, 0.5) is 19.1 Å². The van der Waals surface area contributed by atoms with Crippen LogP contribution in [-0.4, -0.2) is 35.9 Å². The van der Waals surface area contributed by atoms with Gasteiger partial charge in [0.15, 0.2) is 9.84 Å². The van der Waals surface area contributed by atoms with E-state index in [4.69, 9.17) is 0 Å². The lowest BCUT2D eigenvalue weighted by Crippen LogP contribution is -2.35. The van der Waals surface area contributed by atoms with Gasteiger partial charge in [-0.3, -0.25) is 0 Å². The fourth-order valence-electron chi connectivity index (χ4n) is 1.91. The molecule has 2 heterocycles. The molecule has 5 nitrogen and oxygen atoms in total. The van der Waals surface area contributed by atoms with Gasteiger partial charge in [-0.15, -0.1) is 0 Å². The number of hydrogen-bond acceptors (Lipinski definition) is 5. The Morgan fingerprint density at radius 3 is 2.74 bits per heavy atom. The van der Waals surface area contributed by atoms with Gasteiger partial charge in [0.2, 0.25) is 5.95 Å². The molecule has 1 unspecified atom stereocenters. The fraction of sp³-hybridized carbons (Fsp3) is 0.600. The summed E-state index contributed by atoms with van der Waals surface area (Å²) in [5.74, 6) is -0.182. The van der Waals surface area contributed by atoms with Crippen molar-refractivity contribution in [3.63, 3.8) is 0 Å². The summed E-state index contributed by atoms with van der Waals surface area (Å²) in [6.07, 6.45) is -2.49. The van der Waals surface area contributed by atoms with Gasteiger partial charge in [-0.1, -0.05) is 0 Å². The van der Waals surface area contributed by atoms with Crippen LogP contribution in [0, 0.1) is 0 Å². The van der Waals surface area contributed by atoms with Crippen molar-refractivity contribution in [3.8, 4) is 0 Å². The standard InChI is InChI=1S/C10H12F3N3O2S/c11-10(12,13)8-3-4-14-9(16-8)15-7-2-1-5-19(17,18)6-7/h3-4,7H,1-2,5-6H2,(H,14,15,16). The Hall–Kier alpha value is -1.38. The zero-order valence-electron chi connectivity index (χ0n) is 9.81. The van der Waals surface area contributed by atoms with Crippen molar-refractivity contribution in [2.75, 3.05) is 16.8 Å². The number of nitrogens with one attached hydrogen (secondary N) is 1. The number of halogens is 3. The molecule has 0 bridgehead atoms. The van der Waals surface area contributed by atoms with E-state index in [1.54, 1.807) is 0 Å². The summed E-state index contributed by atoms with van der Waals surface area (Å²) in [4.78, 5) is 7.02. The van der Waals surface area contributed by atoms with Gasteiger partial charge < -0.3 is 5.32 Å². The fourth-order valence-corrected chi connectivity index (χ4v) is 3.54. The molecule has 9 heteroatoms. The Bertz CT molecular complexity index is 559. The lowest BCUT2D eigenvalue weighted by Gasteiger charge is -2.23. The lowest BCUT2D eigenvalue weighted by molar-refractivity contribution is -0.141. The number of rotatable bonds is 2. The van der Waals surface area contributed by atoms with E-state index in [-0.39, 0.29) is 17.5 Å². The topological polar surface area (TPSA) is 72.0 Å². The van der Waals surface area contributed by atoms with Crippen molar-refractivity contribution in [2.45, 2.75) is 25.1 Å². The van der Waals surface area contributed by atoms with Gasteiger partial charge in [0.1, 0.15) is 5.69 Å². The maximum Gasteiger partial charge on any atom is 0.433 e. The largest absolute Gasteiger partial charge is 0.433 e. The number of sulfone groups is 1. The molecule has 106 valence electrons. The van der Waals surface area contributed by atoms with Crippen LogP contribution in [0.1, 0.15) is 18.5 Å². The van der Waals surface area contributed by atoms with Crippen LogP contribution in [0.5, 0.6) is 0 Å². The highest BCUT2D eigenvalue weighted by Crippen LogP contribution is 2.27. The Labute approximate surface area is 108 Å². The maximum absolute atomic E-state index is 12.5. The molecule has 1 N–H and O–H groups in total. The summed E-state index contributed by atoms with van der Waals surface area (Å²) in [7, 11) is -3.13. The molecule has 1 atom stereocenters. The molecule has 0 amide bonds. The Morgan fingerprint density at radius 2 is 2.11 bits per heavy atom. The zero-order valence-corrected chi connectivity index (χ0v) is 10.6. The van der Waals surface area contributed by atoms with Gasteiger partial charge in [-0.25, -0.2) is 18.4 Å². The van der Waals surface area contributed by atoms with Gasteiger partial charge in [-0.05, 0) is 18.9 Å². The zero-order chi connectivity index (χ0) is 14.1. The van der Waals surface area contributed by atoms with Gasteiger partial charge in [0, 0.05) is 12.2 Å². The predicted molar refractivity (Wildman–Crippen MR) is 62.3 cm³/mol. The van der Waals surface area contributed by atoms with Gasteiger partial charge in [0.05, 0.1) is 11.5 Å². The molecular weight excluding hydrogens is 283 g/mol. The molecule has 1 saturated heterocycles. The first kappa shape index (κ1) is 14.0. The first-order valence-corrected chi connectivity index (χ1v) is 7.46. The first-order valence-electron chi connectivity index (χ1n) is 5.63. The number of nitrogens with zero attached hydrogens (tertiary/aromatic N) is 2. The van der Waals surface area contributed by atoms with E-state index in [1.165, 1.54) is 0 Å². The van der Waals surface area contributed by atoms with Crippen molar-refractivity contribution in [1.29, 1.82) is 0 Å². The molecule has 1 aliphatic heterocycles. The minimum atomic E-state index is -4.54. The minimum absolute atomic E-state index is 0.105. The summed E-state index contributed by atoms with van der Waals surface area (Å²) < 4.78 is 60.2. The van der Waals surface area contributed by atoms with Crippen LogP contribution in [0.25, 0.3) is 0 Å². The summed E-state index contributed by atoms with van der Waals surface area (Å²) in [6.45, 7) is 0. The SMILES string of the molecule is O=S1(=O)CCCC(Nc2nccc(C(F)(F)F)n2)C1. The van der Waals surface area contributed by atoms with Crippen LogP contribution < -0.4 is 5.32 Å². The number of aromatic nitrogens is 2. The highest BCUT2D eigenvalue weighted by atomic mass is 32.2. The van der Waals surface area contributed by atoms with Crippen molar-refractivity contribution in [1.82, 2.24) is 9.97 Å². The second-order valence-electron chi connectivity index (χ2n) is 4.36. The highest BCUT2D eigenvalue weighted by Gasteiger charge is 2.33. The van der Waals surface area contributed by atoms with E-state index < -0.39 is 27.7 Å². The van der Waals surface area contributed by atoms with E-state index >= 15 is 0 Å². The normalized spacial score (nSPS) is 23.0. The molecule has 1 aromatic rings. The number of alkyl halides is 3. The Morgan fingerprint density at radius 1 is 1.37 bits per heavy atom. The molecule has 19 heavy (non-hydrogen) atoms. The van der Waals surface area contributed by atoms with E-state index in [0.717, 1.165) is 12.3 Å². The molecule has 0 spiro atoms. The summed E-state index contributed by atoms with van der Waals surface area (Å²) in [5.41, 5.74) is -1.05. The van der Waals surface area contributed by atoms with Crippen molar-refractivity contribution in [2.24, 2.45) is 0 Å². The molecule has 0 saturated carbocycles. The molecule has 2 rings (SSSR count). The molecule has 0 aromatic carbocycles. The molecule has 1 fully saturated rings. The van der Waals surface area contributed by atoms with Gasteiger partial charge in [-0.2, -0.15) is 13.2 Å². The second kappa shape index (κ2) is 4.95. The average molecular weight is 295 g/mol. The third-order valence-electron chi connectivity index (χ3n) is 2.74. The van der Waals surface area contributed by atoms with E-state index in [1.807, 2.05) is 0 Å². The lowest BCUT2D eigenvalue weighted by atomic mass is 10.2. The minimum Gasteiger partial charge on any atom is -0.350 e. The van der Waals surface area contributed by atoms with Crippen molar-refractivity contribution in [3.05, 3.63) is 18.0 Å². The second-order valence-corrected chi connectivity index (χ2v) is 6.59. The Kier molecular flexibility index (Phi) is 3.66. The van der Waals surface area contributed by atoms with Crippen LogP contribution in [0.2, 0.25) is 0 Å². The van der Waals surface area contributed by atoms with Crippen LogP contribution >= 0.6 is 0 Å². The molecule has 1 aliphatic rings. The van der Waals surface area contributed by atoms with Crippen LogP contribution in [-0.2, 0) is 16.0 Å². The predicted octanol–water partition coefficient (Wildman–Crippen LogP) is 1.48. The third kappa shape index (κ3) is 3.79. The van der Waals surface area contributed by atoms with Gasteiger partial charge >= 0.3 is 6.18 Å². The molecule has 1 aromatic heterocycles. The van der Waals surface area contributed by atoms with Gasteiger partial charge in [0.25, 0.3) is 0 Å². The summed E-state index contributed by atoms with van der Waals surface area (Å²) >= 11 is 0. The van der Waals surface area contributed by atoms with Crippen LogP contribution in [0.3, 0.4) is 0 Å². The summed E-state index contributed by atoms with van der Waals surface area (Å²) in [5, 5.41) is 2.65. The molecule has 0 aliphatic carbocycles. The van der Waals surface area contributed by atoms with Crippen LogP contribution in [0.15, 0.2) is 12.3 Å². The molecular formula is C10H12F3N3O2S.